The van der Waals surface area contributed by atoms with Gasteiger partial charge in [0.2, 0.25) is 11.8 Å². The summed E-state index contributed by atoms with van der Waals surface area (Å²) in [4.78, 5) is 31.9. The summed E-state index contributed by atoms with van der Waals surface area (Å²) in [6.45, 7) is 4.05. The molecule has 0 spiro atoms. The predicted molar refractivity (Wildman–Crippen MR) is 119 cm³/mol. The van der Waals surface area contributed by atoms with E-state index >= 15 is 0 Å². The maximum atomic E-state index is 13.2. The lowest BCUT2D eigenvalue weighted by atomic mass is 9.94. The van der Waals surface area contributed by atoms with Gasteiger partial charge in [-0.25, -0.2) is 0 Å². The minimum absolute atomic E-state index is 0.0114. The molecule has 8 heteroatoms. The molecule has 3 aliphatic rings. The summed E-state index contributed by atoms with van der Waals surface area (Å²) in [5.41, 5.74) is 0.953. The Morgan fingerprint density at radius 2 is 1.78 bits per heavy atom. The van der Waals surface area contributed by atoms with E-state index in [1.54, 1.807) is 4.90 Å². The van der Waals surface area contributed by atoms with Gasteiger partial charge in [-0.05, 0) is 25.5 Å². The molecule has 4 atom stereocenters. The van der Waals surface area contributed by atoms with E-state index in [0.717, 1.165) is 38.2 Å². The lowest BCUT2D eigenvalue weighted by Crippen LogP contribution is -2.58. The molecule has 8 nitrogen and oxygen atoms in total. The number of likely N-dealkylation sites (N-methyl/N-ethyl adjacent to an activating group) is 1. The Balaban J connectivity index is 1.38. The number of rotatable bonds is 4. The SMILES string of the molecule is CN1CCN(C(=O)C[C@@H]2CC[C@H]3[C@@H](COC[C@@H](O)CN3C(=O)Cc3ccccc3)O2)CC1. The summed E-state index contributed by atoms with van der Waals surface area (Å²) >= 11 is 0. The van der Waals surface area contributed by atoms with E-state index in [2.05, 4.69) is 11.9 Å². The van der Waals surface area contributed by atoms with Crippen molar-refractivity contribution in [1.29, 1.82) is 0 Å². The van der Waals surface area contributed by atoms with Crippen LogP contribution in [0.3, 0.4) is 0 Å². The molecule has 0 aliphatic carbocycles. The summed E-state index contributed by atoms with van der Waals surface area (Å²) < 4.78 is 12.0. The van der Waals surface area contributed by atoms with Crippen molar-refractivity contribution in [2.75, 3.05) is 53.0 Å². The maximum Gasteiger partial charge on any atom is 0.227 e. The van der Waals surface area contributed by atoms with Crippen molar-refractivity contribution in [3.63, 3.8) is 0 Å². The van der Waals surface area contributed by atoms with Crippen molar-refractivity contribution in [3.8, 4) is 0 Å². The van der Waals surface area contributed by atoms with Gasteiger partial charge in [0.15, 0.2) is 0 Å². The third-order valence-electron chi connectivity index (χ3n) is 6.76. The normalized spacial score (nSPS) is 29.7. The molecular weight excluding hydrogens is 410 g/mol. The average Bonchev–Trinajstić information content (AvgIpc) is 2.78. The van der Waals surface area contributed by atoms with Crippen molar-refractivity contribution in [2.24, 2.45) is 0 Å². The minimum Gasteiger partial charge on any atom is -0.389 e. The first-order valence-electron chi connectivity index (χ1n) is 11.7. The number of benzene rings is 1. The number of fused-ring (bicyclic) bond motifs is 1. The molecule has 0 aromatic heterocycles. The van der Waals surface area contributed by atoms with Gasteiger partial charge in [0.05, 0.1) is 44.3 Å². The van der Waals surface area contributed by atoms with Gasteiger partial charge in [-0.3, -0.25) is 9.59 Å². The molecule has 3 saturated heterocycles. The van der Waals surface area contributed by atoms with Gasteiger partial charge in [0.25, 0.3) is 0 Å². The van der Waals surface area contributed by atoms with Crippen LogP contribution in [0.5, 0.6) is 0 Å². The van der Waals surface area contributed by atoms with Crippen molar-refractivity contribution < 1.29 is 24.2 Å². The molecule has 2 amide bonds. The third-order valence-corrected chi connectivity index (χ3v) is 6.76. The van der Waals surface area contributed by atoms with E-state index in [-0.39, 0.29) is 43.2 Å². The highest BCUT2D eigenvalue weighted by atomic mass is 16.5. The number of hydrogen-bond donors (Lipinski definition) is 1. The van der Waals surface area contributed by atoms with Gasteiger partial charge in [-0.15, -0.1) is 0 Å². The van der Waals surface area contributed by atoms with E-state index < -0.39 is 6.10 Å². The Labute approximate surface area is 190 Å². The first-order valence-corrected chi connectivity index (χ1v) is 11.7. The number of ether oxygens (including phenoxy) is 2. The van der Waals surface area contributed by atoms with Crippen molar-refractivity contribution >= 4 is 11.8 Å². The van der Waals surface area contributed by atoms with Gasteiger partial charge in [-0.2, -0.15) is 0 Å². The lowest BCUT2D eigenvalue weighted by molar-refractivity contribution is -0.170. The van der Waals surface area contributed by atoms with Crippen LogP contribution in [-0.2, 0) is 25.5 Å². The molecule has 1 aromatic rings. The molecule has 1 N–H and O–H groups in total. The number of piperazine rings is 1. The van der Waals surface area contributed by atoms with Crippen LogP contribution in [0.4, 0.5) is 0 Å². The second kappa shape index (κ2) is 10.7. The molecule has 3 heterocycles. The van der Waals surface area contributed by atoms with Crippen LogP contribution in [0.1, 0.15) is 24.8 Å². The predicted octanol–water partition coefficient (Wildman–Crippen LogP) is 0.529. The second-order valence-electron chi connectivity index (χ2n) is 9.23. The molecule has 176 valence electrons. The number of aliphatic hydroxyl groups excluding tert-OH is 1. The summed E-state index contributed by atoms with van der Waals surface area (Å²) in [6, 6.07) is 9.50. The van der Waals surface area contributed by atoms with Crippen LogP contribution >= 0.6 is 0 Å². The highest BCUT2D eigenvalue weighted by Gasteiger charge is 2.40. The maximum absolute atomic E-state index is 13.2. The first kappa shape index (κ1) is 23.2. The van der Waals surface area contributed by atoms with Gasteiger partial charge in [0.1, 0.15) is 6.10 Å². The Kier molecular flexibility index (Phi) is 7.78. The van der Waals surface area contributed by atoms with Gasteiger partial charge in [-0.1, -0.05) is 30.3 Å². The van der Waals surface area contributed by atoms with E-state index in [4.69, 9.17) is 9.47 Å². The molecule has 3 fully saturated rings. The Morgan fingerprint density at radius 3 is 2.53 bits per heavy atom. The molecule has 0 bridgehead atoms. The Morgan fingerprint density at radius 1 is 1.03 bits per heavy atom. The first-order chi connectivity index (χ1) is 15.5. The number of carbonyl (C=O) groups excluding carboxylic acids is 2. The standard InChI is InChI=1S/C24H35N3O5/c1-25-9-11-26(12-10-25)23(29)14-20-7-8-21-22(32-20)17-31-16-19(28)15-27(21)24(30)13-18-5-3-2-4-6-18/h2-6,19-22,28H,7-17H2,1H3/t19-,20-,21-,22+/m0/s1. The summed E-state index contributed by atoms with van der Waals surface area (Å²) in [5, 5.41) is 10.3. The highest BCUT2D eigenvalue weighted by Crippen LogP contribution is 2.28. The molecule has 32 heavy (non-hydrogen) atoms. The molecule has 0 unspecified atom stereocenters. The Bertz CT molecular complexity index is 768. The monoisotopic (exact) mass is 445 g/mol. The van der Waals surface area contributed by atoms with Crippen LogP contribution in [0, 0.1) is 0 Å². The third kappa shape index (κ3) is 5.86. The van der Waals surface area contributed by atoms with E-state index in [0.29, 0.717) is 25.9 Å². The number of nitrogens with zero attached hydrogens (tertiary/aromatic N) is 3. The fourth-order valence-corrected chi connectivity index (χ4v) is 4.88. The van der Waals surface area contributed by atoms with Crippen molar-refractivity contribution in [3.05, 3.63) is 35.9 Å². The van der Waals surface area contributed by atoms with Crippen LogP contribution in [0.15, 0.2) is 30.3 Å². The van der Waals surface area contributed by atoms with Crippen LogP contribution in [0.2, 0.25) is 0 Å². The molecule has 3 aliphatic heterocycles. The van der Waals surface area contributed by atoms with Gasteiger partial charge >= 0.3 is 0 Å². The lowest BCUT2D eigenvalue weighted by Gasteiger charge is -2.44. The van der Waals surface area contributed by atoms with Crippen molar-refractivity contribution in [1.82, 2.24) is 14.7 Å². The largest absolute Gasteiger partial charge is 0.389 e. The summed E-state index contributed by atoms with van der Waals surface area (Å²) in [7, 11) is 2.07. The average molecular weight is 446 g/mol. The van der Waals surface area contributed by atoms with Gasteiger partial charge in [0, 0.05) is 32.7 Å². The zero-order valence-corrected chi connectivity index (χ0v) is 18.9. The Hall–Kier alpha value is -2.00. The van der Waals surface area contributed by atoms with Gasteiger partial charge < -0.3 is 29.3 Å². The molecule has 4 rings (SSSR count). The summed E-state index contributed by atoms with van der Waals surface area (Å²) in [6.07, 6.45) is 0.945. The topological polar surface area (TPSA) is 82.6 Å². The molecule has 1 aromatic carbocycles. The number of β-amino-alcohol motifs (C(OH)–C–C–N with tert-alkyl or cyclic N) is 1. The quantitative estimate of drug-likeness (QED) is 0.728. The fourth-order valence-electron chi connectivity index (χ4n) is 4.88. The second-order valence-corrected chi connectivity index (χ2v) is 9.23. The summed E-state index contributed by atoms with van der Waals surface area (Å²) in [5.74, 6) is 0.128. The van der Waals surface area contributed by atoms with Crippen LogP contribution < -0.4 is 0 Å². The fraction of sp³-hybridized carbons (Fsp3) is 0.667. The number of aliphatic hydroxyl groups is 1. The molecular formula is C24H35N3O5. The number of hydrogen-bond acceptors (Lipinski definition) is 6. The highest BCUT2D eigenvalue weighted by molar-refractivity contribution is 5.79. The number of carbonyl (C=O) groups is 2. The molecule has 0 radical (unpaired) electrons. The zero-order valence-electron chi connectivity index (χ0n) is 18.9. The van der Waals surface area contributed by atoms with Crippen molar-refractivity contribution in [2.45, 2.75) is 50.0 Å². The zero-order chi connectivity index (χ0) is 22.5. The van der Waals surface area contributed by atoms with E-state index in [1.807, 2.05) is 35.2 Å². The van der Waals surface area contributed by atoms with Crippen LogP contribution in [-0.4, -0.2) is 109 Å². The smallest absolute Gasteiger partial charge is 0.227 e. The van der Waals surface area contributed by atoms with Crippen LogP contribution in [0.25, 0.3) is 0 Å². The number of amides is 2. The van der Waals surface area contributed by atoms with E-state index in [9.17, 15) is 14.7 Å². The van der Waals surface area contributed by atoms with E-state index in [1.165, 1.54) is 0 Å². The molecule has 0 saturated carbocycles. The minimum atomic E-state index is -0.716.